The van der Waals surface area contributed by atoms with Crippen molar-refractivity contribution in [2.75, 3.05) is 19.8 Å². The molecule has 0 amide bonds. The number of nitrogens with zero attached hydrogens (tertiary/aromatic N) is 1. The standard InChI is InChI=1S/C11H21NO/c1-4-11(7-13-8-11)6-12-9(2)5-10(12)3/h9-10H,4-8H2,1-3H3. The molecule has 2 nitrogen and oxygen atoms in total. The Morgan fingerprint density at radius 1 is 1.31 bits per heavy atom. The molecule has 2 aliphatic rings. The molecule has 0 aromatic carbocycles. The van der Waals surface area contributed by atoms with Crippen LogP contribution in [0.25, 0.3) is 0 Å². The number of likely N-dealkylation sites (tertiary alicyclic amines) is 1. The van der Waals surface area contributed by atoms with Gasteiger partial charge in [0.15, 0.2) is 0 Å². The lowest BCUT2D eigenvalue weighted by atomic mass is 9.80. The minimum Gasteiger partial charge on any atom is -0.380 e. The summed E-state index contributed by atoms with van der Waals surface area (Å²) in [5, 5.41) is 0. The molecule has 2 fully saturated rings. The lowest BCUT2D eigenvalue weighted by Gasteiger charge is -2.52. The van der Waals surface area contributed by atoms with E-state index in [0.29, 0.717) is 5.41 Å². The molecular formula is C11H21NO. The van der Waals surface area contributed by atoms with E-state index in [1.807, 2.05) is 0 Å². The van der Waals surface area contributed by atoms with E-state index in [4.69, 9.17) is 4.74 Å². The van der Waals surface area contributed by atoms with Crippen molar-refractivity contribution >= 4 is 0 Å². The first-order valence-corrected chi connectivity index (χ1v) is 5.50. The summed E-state index contributed by atoms with van der Waals surface area (Å²) in [6.07, 6.45) is 2.64. The molecule has 2 atom stereocenters. The first kappa shape index (κ1) is 9.47. The molecule has 76 valence electrons. The Labute approximate surface area is 81.3 Å². The van der Waals surface area contributed by atoms with Gasteiger partial charge >= 0.3 is 0 Å². The highest BCUT2D eigenvalue weighted by Gasteiger charge is 2.43. The Morgan fingerprint density at radius 3 is 2.23 bits per heavy atom. The van der Waals surface area contributed by atoms with Gasteiger partial charge < -0.3 is 4.74 Å². The average Bonchev–Trinajstić information content (AvgIpc) is 2.03. The number of ether oxygens (including phenoxy) is 1. The molecule has 0 spiro atoms. The molecule has 0 bridgehead atoms. The summed E-state index contributed by atoms with van der Waals surface area (Å²) in [5.41, 5.74) is 0.503. The van der Waals surface area contributed by atoms with Crippen LogP contribution >= 0.6 is 0 Å². The van der Waals surface area contributed by atoms with Gasteiger partial charge in [-0.3, -0.25) is 4.90 Å². The van der Waals surface area contributed by atoms with Crippen molar-refractivity contribution in [2.45, 2.75) is 45.7 Å². The van der Waals surface area contributed by atoms with Crippen LogP contribution in [0.1, 0.15) is 33.6 Å². The van der Waals surface area contributed by atoms with Crippen molar-refractivity contribution in [2.24, 2.45) is 5.41 Å². The van der Waals surface area contributed by atoms with E-state index in [1.165, 1.54) is 19.4 Å². The summed E-state index contributed by atoms with van der Waals surface area (Å²) in [5.74, 6) is 0. The van der Waals surface area contributed by atoms with Crippen LogP contribution in [0.15, 0.2) is 0 Å². The summed E-state index contributed by atoms with van der Waals surface area (Å²) in [4.78, 5) is 2.63. The third-order valence-electron chi connectivity index (χ3n) is 3.90. The van der Waals surface area contributed by atoms with E-state index in [1.54, 1.807) is 0 Å². The van der Waals surface area contributed by atoms with Crippen molar-refractivity contribution in [3.63, 3.8) is 0 Å². The second-order valence-electron chi connectivity index (χ2n) is 4.95. The predicted octanol–water partition coefficient (Wildman–Crippen LogP) is 1.90. The largest absolute Gasteiger partial charge is 0.380 e. The molecule has 2 saturated heterocycles. The Bertz CT molecular complexity index is 175. The third-order valence-corrected chi connectivity index (χ3v) is 3.90. The van der Waals surface area contributed by atoms with Gasteiger partial charge in [-0.25, -0.2) is 0 Å². The molecule has 0 radical (unpaired) electrons. The van der Waals surface area contributed by atoms with Crippen molar-refractivity contribution in [1.29, 1.82) is 0 Å². The average molecular weight is 183 g/mol. The minimum absolute atomic E-state index is 0.503. The fourth-order valence-electron chi connectivity index (χ4n) is 2.56. The van der Waals surface area contributed by atoms with Crippen LogP contribution < -0.4 is 0 Å². The molecule has 0 aromatic heterocycles. The van der Waals surface area contributed by atoms with Crippen molar-refractivity contribution in [3.8, 4) is 0 Å². The molecule has 0 aromatic rings. The maximum atomic E-state index is 5.34. The van der Waals surface area contributed by atoms with E-state index < -0.39 is 0 Å². The molecule has 2 heterocycles. The van der Waals surface area contributed by atoms with Gasteiger partial charge in [-0.05, 0) is 26.7 Å². The summed E-state index contributed by atoms with van der Waals surface area (Å²) in [6, 6.07) is 1.61. The monoisotopic (exact) mass is 183 g/mol. The zero-order valence-corrected chi connectivity index (χ0v) is 9.05. The highest BCUT2D eigenvalue weighted by Crippen LogP contribution is 2.36. The van der Waals surface area contributed by atoms with Crippen molar-refractivity contribution < 1.29 is 4.74 Å². The van der Waals surface area contributed by atoms with E-state index in [9.17, 15) is 0 Å². The van der Waals surface area contributed by atoms with E-state index >= 15 is 0 Å². The quantitative estimate of drug-likeness (QED) is 0.662. The number of rotatable bonds is 3. The Kier molecular flexibility index (Phi) is 2.37. The summed E-state index contributed by atoms with van der Waals surface area (Å²) < 4.78 is 5.34. The smallest absolute Gasteiger partial charge is 0.0557 e. The molecule has 2 rings (SSSR count). The maximum Gasteiger partial charge on any atom is 0.0557 e. The van der Waals surface area contributed by atoms with Gasteiger partial charge in [0.1, 0.15) is 0 Å². The van der Waals surface area contributed by atoms with Crippen LogP contribution in [0, 0.1) is 5.41 Å². The summed E-state index contributed by atoms with van der Waals surface area (Å²) in [7, 11) is 0. The van der Waals surface area contributed by atoms with Crippen LogP contribution in [0.3, 0.4) is 0 Å². The van der Waals surface area contributed by atoms with Gasteiger partial charge in [-0.2, -0.15) is 0 Å². The molecule has 2 heteroatoms. The van der Waals surface area contributed by atoms with Crippen LogP contribution in [-0.4, -0.2) is 36.7 Å². The Balaban J connectivity index is 1.89. The molecule has 0 N–H and O–H groups in total. The van der Waals surface area contributed by atoms with Gasteiger partial charge in [0, 0.05) is 24.0 Å². The second-order valence-corrected chi connectivity index (χ2v) is 4.95. The first-order chi connectivity index (χ1) is 6.17. The van der Waals surface area contributed by atoms with Gasteiger partial charge in [-0.1, -0.05) is 6.92 Å². The van der Waals surface area contributed by atoms with Gasteiger partial charge in [0.25, 0.3) is 0 Å². The van der Waals surface area contributed by atoms with Crippen LogP contribution in [0.2, 0.25) is 0 Å². The van der Waals surface area contributed by atoms with E-state index in [2.05, 4.69) is 25.7 Å². The van der Waals surface area contributed by atoms with Gasteiger partial charge in [0.05, 0.1) is 13.2 Å². The Hall–Kier alpha value is -0.0800. The molecule has 2 aliphatic heterocycles. The maximum absolute atomic E-state index is 5.34. The molecule has 2 unspecified atom stereocenters. The zero-order chi connectivity index (χ0) is 9.47. The lowest BCUT2D eigenvalue weighted by molar-refractivity contribution is -0.148. The fourth-order valence-corrected chi connectivity index (χ4v) is 2.56. The van der Waals surface area contributed by atoms with Gasteiger partial charge in [0.2, 0.25) is 0 Å². The first-order valence-electron chi connectivity index (χ1n) is 5.50. The van der Waals surface area contributed by atoms with Crippen LogP contribution in [0.5, 0.6) is 0 Å². The topological polar surface area (TPSA) is 12.5 Å². The SMILES string of the molecule is CCC1(CN2C(C)CC2C)COC1. The summed E-state index contributed by atoms with van der Waals surface area (Å²) >= 11 is 0. The summed E-state index contributed by atoms with van der Waals surface area (Å²) in [6.45, 7) is 10.2. The van der Waals surface area contributed by atoms with Crippen molar-refractivity contribution in [3.05, 3.63) is 0 Å². The fraction of sp³-hybridized carbons (Fsp3) is 1.00. The molecule has 0 aliphatic carbocycles. The normalized spacial score (nSPS) is 38.1. The second kappa shape index (κ2) is 3.25. The number of hydrogen-bond donors (Lipinski definition) is 0. The Morgan fingerprint density at radius 2 is 1.92 bits per heavy atom. The number of hydrogen-bond acceptors (Lipinski definition) is 2. The van der Waals surface area contributed by atoms with E-state index in [-0.39, 0.29) is 0 Å². The minimum atomic E-state index is 0.503. The molecule has 0 saturated carbocycles. The molecule has 13 heavy (non-hydrogen) atoms. The zero-order valence-electron chi connectivity index (χ0n) is 9.05. The third kappa shape index (κ3) is 1.50. The van der Waals surface area contributed by atoms with Crippen LogP contribution in [0.4, 0.5) is 0 Å². The lowest BCUT2D eigenvalue weighted by Crippen LogP contribution is -2.60. The van der Waals surface area contributed by atoms with Crippen molar-refractivity contribution in [1.82, 2.24) is 4.90 Å². The van der Waals surface area contributed by atoms with Crippen LogP contribution in [-0.2, 0) is 4.74 Å². The van der Waals surface area contributed by atoms with E-state index in [0.717, 1.165) is 25.3 Å². The molecular weight excluding hydrogens is 162 g/mol. The highest BCUT2D eigenvalue weighted by molar-refractivity contribution is 4.95. The predicted molar refractivity (Wildman–Crippen MR) is 53.8 cm³/mol. The highest BCUT2D eigenvalue weighted by atomic mass is 16.5. The van der Waals surface area contributed by atoms with Gasteiger partial charge in [-0.15, -0.1) is 0 Å².